The molecular weight excluding hydrogens is 333 g/mol. The Morgan fingerprint density at radius 3 is 1.74 bits per heavy atom. The standard InChI is InChI=1S/C5H8O6.F6P.H2S/c1-3(11-5(8)9)2-10-4(6)7;1-7(2,3,4,5)6;/h3H,2H2,1H3,(H,6,7)(H,8,9);;1H2/q;-1;. The molecule has 0 aromatic rings. The third kappa shape index (κ3) is 60.1. The maximum absolute atomic E-state index is 10.7. The van der Waals surface area contributed by atoms with Crippen LogP contribution in [0.15, 0.2) is 0 Å². The van der Waals surface area contributed by atoms with Crippen molar-refractivity contribution < 1.29 is 54.5 Å². The molecule has 6 nitrogen and oxygen atoms in total. The van der Waals surface area contributed by atoms with Gasteiger partial charge in [0.2, 0.25) is 0 Å². The van der Waals surface area contributed by atoms with Crippen LogP contribution in [0.3, 0.4) is 0 Å². The predicted molar refractivity (Wildman–Crippen MR) is 55.0 cm³/mol. The first-order valence-corrected chi connectivity index (χ1v) is 5.80. The van der Waals surface area contributed by atoms with Crippen LogP contribution in [0.5, 0.6) is 0 Å². The van der Waals surface area contributed by atoms with Crippen LogP contribution in [0.1, 0.15) is 6.92 Å². The van der Waals surface area contributed by atoms with Gasteiger partial charge in [-0.2, -0.15) is 0 Å². The van der Waals surface area contributed by atoms with Gasteiger partial charge in [0.05, 0.1) is 6.10 Å². The number of halogens is 6. The maximum atomic E-state index is 9.87. The molecular formula is C5H10F6O6PS-. The van der Waals surface area contributed by atoms with Crippen molar-refractivity contribution in [3.63, 3.8) is 0 Å². The fourth-order valence-electron chi connectivity index (χ4n) is 0.387. The third-order valence-corrected chi connectivity index (χ3v) is 0.739. The van der Waals surface area contributed by atoms with E-state index in [0.29, 0.717) is 0 Å². The van der Waals surface area contributed by atoms with Gasteiger partial charge in [-0.15, -0.1) is 0 Å². The van der Waals surface area contributed by atoms with Crippen molar-refractivity contribution in [2.24, 2.45) is 0 Å². The summed E-state index contributed by atoms with van der Waals surface area (Å²) in [5, 5.41) is 17.7. The summed E-state index contributed by atoms with van der Waals surface area (Å²) in [5.41, 5.74) is 0. The monoisotopic (exact) mass is 343 g/mol. The minimum absolute atomic E-state index is 0. The summed E-state index contributed by atoms with van der Waals surface area (Å²) in [6.07, 6.45) is -4.01. The SMILES string of the molecule is CC(COC(=O)O)OC(=O)[O-].F[P-](F)(F)(F)(F)F.[SH3+]. The molecule has 19 heavy (non-hydrogen) atoms. The van der Waals surface area contributed by atoms with Crippen LogP contribution in [0, 0.1) is 0 Å². The van der Waals surface area contributed by atoms with E-state index in [2.05, 4.69) is 9.47 Å². The Hall–Kier alpha value is -1.10. The van der Waals surface area contributed by atoms with Gasteiger partial charge in [0.25, 0.3) is 6.16 Å². The van der Waals surface area contributed by atoms with Crippen LogP contribution in [-0.2, 0) is 23.0 Å². The summed E-state index contributed by atoms with van der Waals surface area (Å²) in [6, 6.07) is 0. The summed E-state index contributed by atoms with van der Waals surface area (Å²) < 4.78 is 67.2. The van der Waals surface area contributed by atoms with E-state index in [4.69, 9.17) is 5.11 Å². The second kappa shape index (κ2) is 6.37. The number of hydrogen-bond acceptors (Lipinski definition) is 5. The normalized spacial score (nSPS) is 15.3. The average Bonchev–Trinajstić information content (AvgIpc) is 1.93. The topological polar surface area (TPSA) is 95.9 Å². The van der Waals surface area contributed by atoms with Crippen molar-refractivity contribution in [2.45, 2.75) is 13.0 Å². The van der Waals surface area contributed by atoms with E-state index in [0.717, 1.165) is 0 Å². The molecule has 0 bridgehead atoms. The van der Waals surface area contributed by atoms with Crippen molar-refractivity contribution in [1.82, 2.24) is 0 Å². The Morgan fingerprint density at radius 1 is 1.21 bits per heavy atom. The van der Waals surface area contributed by atoms with Crippen LogP contribution >= 0.6 is 7.81 Å². The molecule has 0 aliphatic heterocycles. The van der Waals surface area contributed by atoms with Gasteiger partial charge in [0, 0.05) is 0 Å². The van der Waals surface area contributed by atoms with Gasteiger partial charge in [-0.25, -0.2) is 4.79 Å². The van der Waals surface area contributed by atoms with E-state index in [1.165, 1.54) is 6.92 Å². The number of ether oxygens (including phenoxy) is 2. The Balaban J connectivity index is -0.000000280. The molecule has 0 aliphatic carbocycles. The first kappa shape index (κ1) is 23.0. The Kier molecular flexibility index (Phi) is 7.72. The van der Waals surface area contributed by atoms with Crippen molar-refractivity contribution in [3.8, 4) is 0 Å². The Morgan fingerprint density at radius 2 is 1.53 bits per heavy atom. The Labute approximate surface area is 109 Å². The second-order valence-electron chi connectivity index (χ2n) is 2.71. The maximum Gasteiger partial charge on any atom is -0.0576 e. The molecule has 1 atom stereocenters. The molecule has 14 heteroatoms. The van der Waals surface area contributed by atoms with Crippen LogP contribution in [0.25, 0.3) is 0 Å². The van der Waals surface area contributed by atoms with Crippen LogP contribution < -0.4 is 5.11 Å². The number of carbonyl (C=O) groups is 2. The number of carboxylic acid groups (broad SMARTS) is 2. The van der Waals surface area contributed by atoms with Crippen molar-refractivity contribution in [1.29, 1.82) is 0 Å². The zero-order chi connectivity index (χ0) is 15.3. The van der Waals surface area contributed by atoms with Gasteiger partial charge in [-0.3, -0.25) is 0 Å². The van der Waals surface area contributed by atoms with Crippen molar-refractivity contribution >= 4 is 33.6 Å². The zero-order valence-electron chi connectivity index (χ0n) is 9.07. The molecule has 0 radical (unpaired) electrons. The first-order valence-electron chi connectivity index (χ1n) is 3.77. The van der Waals surface area contributed by atoms with Gasteiger partial charge in [-0.05, 0) is 6.92 Å². The van der Waals surface area contributed by atoms with E-state index in [1.807, 2.05) is 0 Å². The molecule has 0 aliphatic rings. The Bertz CT molecular complexity index is 304. The minimum Gasteiger partial charge on any atom is -0.0576 e. The second-order valence-corrected chi connectivity index (χ2v) is 4.63. The molecule has 0 aromatic heterocycles. The molecule has 0 rings (SSSR count). The first-order chi connectivity index (χ1) is 7.47. The van der Waals surface area contributed by atoms with E-state index in [-0.39, 0.29) is 20.1 Å². The van der Waals surface area contributed by atoms with Crippen LogP contribution in [-0.4, -0.2) is 30.1 Å². The van der Waals surface area contributed by atoms with Gasteiger partial charge in [-0.1, -0.05) is 13.5 Å². The number of carbonyl (C=O) groups excluding carboxylic acids is 1. The molecule has 0 aromatic carbocycles. The molecule has 120 valence electrons. The molecule has 0 saturated heterocycles. The van der Waals surface area contributed by atoms with Gasteiger partial charge in [0.1, 0.15) is 6.61 Å². The van der Waals surface area contributed by atoms with E-state index >= 15 is 0 Å². The average molecular weight is 343 g/mol. The van der Waals surface area contributed by atoms with Crippen molar-refractivity contribution in [2.75, 3.05) is 6.61 Å². The molecule has 0 amide bonds. The van der Waals surface area contributed by atoms with Gasteiger partial charge < -0.3 is 24.5 Å². The van der Waals surface area contributed by atoms with Crippen molar-refractivity contribution in [3.05, 3.63) is 0 Å². The molecule has 1 N–H and O–H groups in total. The smallest absolute Gasteiger partial charge is 0.0576 e. The van der Waals surface area contributed by atoms with E-state index in [1.54, 1.807) is 0 Å². The molecule has 0 heterocycles. The fourth-order valence-corrected chi connectivity index (χ4v) is 0.387. The van der Waals surface area contributed by atoms with Crippen LogP contribution in [0.2, 0.25) is 0 Å². The largest absolute Gasteiger partial charge is 0.0576 e. The number of hydrogen-bond donors (Lipinski definition) is 1. The molecule has 1 unspecified atom stereocenters. The predicted octanol–water partition coefficient (Wildman–Crippen LogP) is 2.01. The van der Waals surface area contributed by atoms with Gasteiger partial charge in [0.15, 0.2) is 0 Å². The summed E-state index contributed by atoms with van der Waals surface area (Å²) in [4.78, 5) is 19.5. The van der Waals surface area contributed by atoms with E-state index < -0.39 is 26.2 Å². The third-order valence-electron chi connectivity index (χ3n) is 0.739. The fraction of sp³-hybridized carbons (Fsp3) is 0.600. The minimum atomic E-state index is -10.7. The summed E-state index contributed by atoms with van der Waals surface area (Å²) in [6.45, 7) is 1.02. The molecule has 0 spiro atoms. The summed E-state index contributed by atoms with van der Waals surface area (Å²) in [5.74, 6) is 0. The molecule has 0 fully saturated rings. The molecule has 0 saturated carbocycles. The zero-order valence-corrected chi connectivity index (χ0v) is 11.1. The summed E-state index contributed by atoms with van der Waals surface area (Å²) >= 11 is 0. The van der Waals surface area contributed by atoms with Gasteiger partial charge >= 0.3 is 39.1 Å². The quantitative estimate of drug-likeness (QED) is 0.364. The summed E-state index contributed by atoms with van der Waals surface area (Å²) in [7, 11) is -10.7. The number of rotatable bonds is 3. The van der Waals surface area contributed by atoms with Crippen LogP contribution in [0.4, 0.5) is 34.8 Å². The van der Waals surface area contributed by atoms with E-state index in [9.17, 15) is 39.9 Å².